The van der Waals surface area contributed by atoms with Gasteiger partial charge < -0.3 is 9.47 Å². The van der Waals surface area contributed by atoms with E-state index in [-0.39, 0.29) is 0 Å². The van der Waals surface area contributed by atoms with Crippen LogP contribution in [0.2, 0.25) is 0 Å². The van der Waals surface area contributed by atoms with Crippen molar-refractivity contribution < 1.29 is 14.3 Å². The van der Waals surface area contributed by atoms with Gasteiger partial charge in [0, 0.05) is 18.9 Å². The molecule has 0 aliphatic rings. The van der Waals surface area contributed by atoms with E-state index in [0.29, 0.717) is 35.4 Å². The smallest absolute Gasteiger partial charge is 0.340 e. The van der Waals surface area contributed by atoms with Gasteiger partial charge in [-0.2, -0.15) is 0 Å². The van der Waals surface area contributed by atoms with Crippen molar-refractivity contribution >= 4 is 33.2 Å². The number of thiazole rings is 1. The van der Waals surface area contributed by atoms with E-state index in [1.807, 2.05) is 6.92 Å². The zero-order chi connectivity index (χ0) is 14.7. The molecule has 0 aliphatic heterocycles. The number of methoxy groups -OCH3 is 1. The fourth-order valence-electron chi connectivity index (χ4n) is 1.95. The summed E-state index contributed by atoms with van der Waals surface area (Å²) in [5, 5.41) is 0.889. The molecule has 0 atom stereocenters. The molecule has 0 unspecified atom stereocenters. The number of carbonyl (C=O) groups is 1. The second-order valence-corrected chi connectivity index (χ2v) is 5.37. The molecule has 0 aromatic carbocycles. The Morgan fingerprint density at radius 2 is 2.25 bits per heavy atom. The van der Waals surface area contributed by atoms with Crippen LogP contribution in [0.1, 0.15) is 27.9 Å². The van der Waals surface area contributed by atoms with Gasteiger partial charge in [-0.25, -0.2) is 14.8 Å². The van der Waals surface area contributed by atoms with Gasteiger partial charge in [0.2, 0.25) is 0 Å². The summed E-state index contributed by atoms with van der Waals surface area (Å²) in [4.78, 5) is 21.6. The minimum Gasteiger partial charge on any atom is -0.462 e. The average Bonchev–Trinajstić information content (AvgIpc) is 2.78. The first-order valence-corrected chi connectivity index (χ1v) is 7.00. The van der Waals surface area contributed by atoms with E-state index in [4.69, 9.17) is 9.47 Å². The Kier molecular flexibility index (Phi) is 4.46. The number of hydrogen-bond donors (Lipinski definition) is 0. The quantitative estimate of drug-likeness (QED) is 0.793. The molecule has 0 saturated carbocycles. The Labute approximate surface area is 121 Å². The predicted octanol–water partition coefficient (Wildman–Crippen LogP) is 2.84. The number of rotatable bonds is 5. The minimum absolute atomic E-state index is 0.309. The highest BCUT2D eigenvalue weighted by molar-refractivity contribution is 7.18. The number of esters is 1. The maximum Gasteiger partial charge on any atom is 0.340 e. The molecule has 2 aromatic rings. The number of nitrogens with zero attached hydrogens (tertiary/aromatic N) is 2. The molecule has 2 rings (SSSR count). The van der Waals surface area contributed by atoms with Crippen molar-refractivity contribution in [3.8, 4) is 0 Å². The van der Waals surface area contributed by atoms with E-state index in [2.05, 4.69) is 16.5 Å². The molecule has 0 bridgehead atoms. The lowest BCUT2D eigenvalue weighted by Crippen LogP contribution is -2.10. The molecule has 0 aliphatic carbocycles. The summed E-state index contributed by atoms with van der Waals surface area (Å²) in [6.45, 7) is 8.28. The molecule has 20 heavy (non-hydrogen) atoms. The molecule has 2 aromatic heterocycles. The van der Waals surface area contributed by atoms with Crippen LogP contribution in [0.5, 0.6) is 0 Å². The van der Waals surface area contributed by atoms with Crippen LogP contribution in [0, 0.1) is 6.92 Å². The number of aryl methyl sites for hydroxylation is 1. The molecule has 0 N–H and O–H groups in total. The van der Waals surface area contributed by atoms with Gasteiger partial charge in [0.15, 0.2) is 0 Å². The van der Waals surface area contributed by atoms with Gasteiger partial charge >= 0.3 is 5.97 Å². The third kappa shape index (κ3) is 2.71. The number of fused-ring (bicyclic) bond motifs is 1. The van der Waals surface area contributed by atoms with E-state index >= 15 is 0 Å². The van der Waals surface area contributed by atoms with Gasteiger partial charge in [-0.05, 0) is 19.4 Å². The summed E-state index contributed by atoms with van der Waals surface area (Å²) in [6, 6.07) is 0. The monoisotopic (exact) mass is 292 g/mol. The van der Waals surface area contributed by atoms with Crippen LogP contribution in [0.25, 0.3) is 15.9 Å². The Hall–Kier alpha value is -1.79. The first-order chi connectivity index (χ1) is 9.58. The summed E-state index contributed by atoms with van der Waals surface area (Å²) in [5.41, 5.74) is 2.42. The van der Waals surface area contributed by atoms with Crippen molar-refractivity contribution in [1.82, 2.24) is 9.97 Å². The molecule has 2 heterocycles. The third-order valence-electron chi connectivity index (χ3n) is 2.70. The molecular weight excluding hydrogens is 276 g/mol. The van der Waals surface area contributed by atoms with E-state index in [9.17, 15) is 4.79 Å². The summed E-state index contributed by atoms with van der Waals surface area (Å²) in [6.07, 6.45) is 1.52. The third-order valence-corrected chi connectivity index (χ3v) is 3.58. The molecule has 5 nitrogen and oxygen atoms in total. The van der Waals surface area contributed by atoms with Crippen LogP contribution in [-0.2, 0) is 9.47 Å². The normalized spacial score (nSPS) is 10.8. The molecule has 0 spiro atoms. The summed E-state index contributed by atoms with van der Waals surface area (Å²) >= 11 is 1.48. The summed E-state index contributed by atoms with van der Waals surface area (Å²) in [7, 11) is 1.58. The highest BCUT2D eigenvalue weighted by atomic mass is 32.1. The maximum absolute atomic E-state index is 12.1. The van der Waals surface area contributed by atoms with Crippen LogP contribution in [-0.4, -0.2) is 36.3 Å². The molecule has 6 heteroatoms. The zero-order valence-electron chi connectivity index (χ0n) is 11.7. The van der Waals surface area contributed by atoms with Crippen molar-refractivity contribution in [3.63, 3.8) is 0 Å². The van der Waals surface area contributed by atoms with Gasteiger partial charge in [-0.3, -0.25) is 0 Å². The van der Waals surface area contributed by atoms with Crippen LogP contribution < -0.4 is 0 Å². The minimum atomic E-state index is -0.417. The van der Waals surface area contributed by atoms with E-state index in [1.54, 1.807) is 14.0 Å². The number of hydrogen-bond acceptors (Lipinski definition) is 6. The van der Waals surface area contributed by atoms with Crippen LogP contribution in [0.15, 0.2) is 12.8 Å². The molecule has 0 amide bonds. The van der Waals surface area contributed by atoms with Gasteiger partial charge in [-0.1, -0.05) is 17.9 Å². The van der Waals surface area contributed by atoms with Gasteiger partial charge in [-0.15, -0.1) is 0 Å². The highest BCUT2D eigenvalue weighted by Gasteiger charge is 2.20. The second-order valence-electron chi connectivity index (χ2n) is 4.19. The molecule has 106 valence electrons. The molecular formula is C14H16N2O3S. The highest BCUT2D eigenvalue weighted by Crippen LogP contribution is 2.30. The van der Waals surface area contributed by atoms with Crippen LogP contribution in [0.4, 0.5) is 0 Å². The Morgan fingerprint density at radius 1 is 1.50 bits per heavy atom. The maximum atomic E-state index is 12.1. The van der Waals surface area contributed by atoms with Crippen molar-refractivity contribution in [2.24, 2.45) is 0 Å². The molecule has 0 radical (unpaired) electrons. The topological polar surface area (TPSA) is 61.3 Å². The van der Waals surface area contributed by atoms with Crippen molar-refractivity contribution in [1.29, 1.82) is 0 Å². The Balaban J connectivity index is 2.64. The zero-order valence-corrected chi connectivity index (χ0v) is 12.5. The lowest BCUT2D eigenvalue weighted by atomic mass is 10.0. The largest absolute Gasteiger partial charge is 0.462 e. The van der Waals surface area contributed by atoms with Crippen LogP contribution in [0.3, 0.4) is 0 Å². The van der Waals surface area contributed by atoms with Gasteiger partial charge in [0.25, 0.3) is 0 Å². The number of ether oxygens (including phenoxy) is 2. The standard InChI is InChI=1S/C14H16N2O3S/c1-5-19-14(17)10-6-15-13-12(16-9(3)20-13)11(10)8(2)7-18-4/h6H,2,5,7H2,1,3-4H3. The van der Waals surface area contributed by atoms with Gasteiger partial charge in [0.05, 0.1) is 23.8 Å². The Morgan fingerprint density at radius 3 is 2.90 bits per heavy atom. The first-order valence-electron chi connectivity index (χ1n) is 6.18. The molecule has 0 fully saturated rings. The summed E-state index contributed by atoms with van der Waals surface area (Å²) < 4.78 is 10.2. The fourth-order valence-corrected chi connectivity index (χ4v) is 2.72. The van der Waals surface area contributed by atoms with Gasteiger partial charge in [0.1, 0.15) is 10.3 Å². The van der Waals surface area contributed by atoms with Crippen molar-refractivity contribution in [3.05, 3.63) is 28.9 Å². The Bertz CT molecular complexity index is 664. The van der Waals surface area contributed by atoms with E-state index < -0.39 is 5.97 Å². The van der Waals surface area contributed by atoms with Crippen molar-refractivity contribution in [2.75, 3.05) is 20.3 Å². The first kappa shape index (κ1) is 14.6. The number of pyridine rings is 1. The lowest BCUT2D eigenvalue weighted by molar-refractivity contribution is 0.0525. The number of carbonyl (C=O) groups excluding carboxylic acids is 1. The predicted molar refractivity (Wildman–Crippen MR) is 79.0 cm³/mol. The van der Waals surface area contributed by atoms with Crippen LogP contribution >= 0.6 is 11.3 Å². The fraction of sp³-hybridized carbons (Fsp3) is 0.357. The summed E-state index contributed by atoms with van der Waals surface area (Å²) in [5.74, 6) is -0.417. The SMILES string of the molecule is C=C(COC)c1c(C(=O)OCC)cnc2sc(C)nc12. The average molecular weight is 292 g/mol. The van der Waals surface area contributed by atoms with E-state index in [1.165, 1.54) is 17.5 Å². The molecule has 0 saturated heterocycles. The lowest BCUT2D eigenvalue weighted by Gasteiger charge is -2.11. The second kappa shape index (κ2) is 6.11. The van der Waals surface area contributed by atoms with E-state index in [0.717, 1.165) is 9.84 Å². The van der Waals surface area contributed by atoms with Crippen molar-refractivity contribution in [2.45, 2.75) is 13.8 Å². The number of aromatic nitrogens is 2.